The van der Waals surface area contributed by atoms with Crippen molar-refractivity contribution < 1.29 is 27.1 Å². The van der Waals surface area contributed by atoms with Gasteiger partial charge < -0.3 is 15.0 Å². The van der Waals surface area contributed by atoms with Gasteiger partial charge in [0.25, 0.3) is 5.91 Å². The van der Waals surface area contributed by atoms with Crippen molar-refractivity contribution in [3.63, 3.8) is 0 Å². The van der Waals surface area contributed by atoms with E-state index in [9.17, 15) is 18.0 Å². The Bertz CT molecular complexity index is 1050. The molecule has 6 nitrogen and oxygen atoms in total. The lowest BCUT2D eigenvalue weighted by molar-refractivity contribution is -0.154. The number of carbonyl (C=O) groups excluding carboxylic acids is 1. The van der Waals surface area contributed by atoms with Crippen molar-refractivity contribution in [2.75, 3.05) is 26.2 Å². The molecule has 2 aromatic heterocycles. The molecule has 0 aromatic carbocycles. The smallest absolute Gasteiger partial charge is 0.422 e. The third-order valence-electron chi connectivity index (χ3n) is 7.13. The van der Waals surface area contributed by atoms with Gasteiger partial charge in [-0.15, -0.1) is 0 Å². The summed E-state index contributed by atoms with van der Waals surface area (Å²) in [5.74, 6) is -0.188. The van der Waals surface area contributed by atoms with Gasteiger partial charge in [-0.1, -0.05) is 6.07 Å². The van der Waals surface area contributed by atoms with Gasteiger partial charge in [0, 0.05) is 55.7 Å². The number of halogens is 4. The Morgan fingerprint density at radius 1 is 1.19 bits per heavy atom. The molecule has 1 amide bonds. The third-order valence-corrected chi connectivity index (χ3v) is 7.13. The number of rotatable bonds is 7. The number of aryl methyl sites for hydroxylation is 1. The zero-order valence-corrected chi connectivity index (χ0v) is 20.4. The molecule has 2 aliphatic rings. The third kappa shape index (κ3) is 7.15. The molecule has 1 fully saturated rings. The summed E-state index contributed by atoms with van der Waals surface area (Å²) in [7, 11) is 0. The Labute approximate surface area is 208 Å². The van der Waals surface area contributed by atoms with E-state index in [2.05, 4.69) is 20.2 Å². The van der Waals surface area contributed by atoms with E-state index < -0.39 is 18.5 Å². The van der Waals surface area contributed by atoms with Crippen LogP contribution in [0.25, 0.3) is 0 Å². The summed E-state index contributed by atoms with van der Waals surface area (Å²) in [4.78, 5) is 23.2. The van der Waals surface area contributed by atoms with Crippen LogP contribution in [0.5, 0.6) is 5.88 Å². The van der Waals surface area contributed by atoms with Crippen molar-refractivity contribution in [1.82, 2.24) is 20.2 Å². The minimum atomic E-state index is -4.41. The summed E-state index contributed by atoms with van der Waals surface area (Å²) < 4.78 is 57.6. The number of hydrogen-bond acceptors (Lipinski definition) is 5. The first-order valence-corrected chi connectivity index (χ1v) is 12.4. The Morgan fingerprint density at radius 2 is 1.94 bits per heavy atom. The number of fused-ring (bicyclic) bond motifs is 1. The molecule has 3 heterocycles. The fraction of sp³-hybridized carbons (Fsp3) is 0.577. The first-order chi connectivity index (χ1) is 17.1. The van der Waals surface area contributed by atoms with Crippen molar-refractivity contribution in [3.8, 4) is 5.88 Å². The van der Waals surface area contributed by atoms with Gasteiger partial charge >= 0.3 is 6.18 Å². The minimum absolute atomic E-state index is 0.0234. The monoisotopic (exact) mass is 508 g/mol. The molecule has 1 saturated carbocycles. The number of aromatic nitrogens is 2. The molecule has 1 aliphatic carbocycles. The number of hydrogen-bond donors (Lipinski definition) is 1. The highest BCUT2D eigenvalue weighted by Gasteiger charge is 2.36. The molecular formula is C26H32F4N4O2. The first kappa shape index (κ1) is 26.3. The minimum Gasteiger partial charge on any atom is -0.468 e. The lowest BCUT2D eigenvalue weighted by Crippen LogP contribution is -2.43. The Kier molecular flexibility index (Phi) is 8.12. The number of pyridine rings is 2. The summed E-state index contributed by atoms with van der Waals surface area (Å²) in [5.41, 5.74) is 1.69. The molecule has 0 saturated heterocycles. The highest BCUT2D eigenvalue weighted by molar-refractivity contribution is 5.95. The molecular weight excluding hydrogens is 476 g/mol. The van der Waals surface area contributed by atoms with Crippen LogP contribution in [0.3, 0.4) is 0 Å². The van der Waals surface area contributed by atoms with Crippen LogP contribution >= 0.6 is 0 Å². The summed E-state index contributed by atoms with van der Waals surface area (Å²) in [6.45, 7) is 2.45. The number of nitrogens with one attached hydrogen (secondary N) is 1. The fourth-order valence-electron chi connectivity index (χ4n) is 4.94. The van der Waals surface area contributed by atoms with Crippen LogP contribution in [0.15, 0.2) is 30.5 Å². The predicted molar refractivity (Wildman–Crippen MR) is 127 cm³/mol. The maximum absolute atomic E-state index is 15.6. The largest absolute Gasteiger partial charge is 0.468 e. The topological polar surface area (TPSA) is 67.4 Å². The maximum Gasteiger partial charge on any atom is 0.422 e. The molecule has 36 heavy (non-hydrogen) atoms. The van der Waals surface area contributed by atoms with Crippen LogP contribution in [0.4, 0.5) is 17.6 Å². The maximum atomic E-state index is 15.6. The lowest BCUT2D eigenvalue weighted by Gasteiger charge is -2.35. The van der Waals surface area contributed by atoms with Gasteiger partial charge in [0.05, 0.1) is 5.56 Å². The van der Waals surface area contributed by atoms with Crippen LogP contribution in [-0.4, -0.2) is 64.9 Å². The fourth-order valence-corrected chi connectivity index (χ4v) is 4.94. The normalized spacial score (nSPS) is 23.0. The highest BCUT2D eigenvalue weighted by Crippen LogP contribution is 2.35. The van der Waals surface area contributed by atoms with Crippen molar-refractivity contribution in [2.24, 2.45) is 0 Å². The summed E-state index contributed by atoms with van der Waals surface area (Å²) in [5, 5.41) is 3.02. The average Bonchev–Trinajstić information content (AvgIpc) is 3.05. The average molecular weight is 509 g/mol. The first-order valence-electron chi connectivity index (χ1n) is 12.4. The second kappa shape index (κ2) is 11.1. The lowest BCUT2D eigenvalue weighted by atomic mass is 9.81. The van der Waals surface area contributed by atoms with E-state index in [0.717, 1.165) is 17.8 Å². The molecule has 0 bridgehead atoms. The van der Waals surface area contributed by atoms with E-state index in [1.54, 1.807) is 31.3 Å². The zero-order chi connectivity index (χ0) is 25.8. The van der Waals surface area contributed by atoms with Crippen molar-refractivity contribution in [2.45, 2.75) is 69.8 Å². The molecule has 2 aromatic rings. The van der Waals surface area contributed by atoms with Gasteiger partial charge in [0.1, 0.15) is 5.67 Å². The van der Waals surface area contributed by atoms with Crippen LogP contribution in [-0.2, 0) is 12.8 Å². The molecule has 10 heteroatoms. The van der Waals surface area contributed by atoms with Crippen LogP contribution < -0.4 is 10.1 Å². The molecule has 0 unspecified atom stereocenters. The highest BCUT2D eigenvalue weighted by atomic mass is 19.4. The van der Waals surface area contributed by atoms with Gasteiger partial charge in [0.2, 0.25) is 5.88 Å². The molecule has 0 radical (unpaired) electrons. The van der Waals surface area contributed by atoms with Crippen molar-refractivity contribution >= 4 is 5.91 Å². The summed E-state index contributed by atoms with van der Waals surface area (Å²) >= 11 is 0. The second-order valence-electron chi connectivity index (χ2n) is 9.79. The van der Waals surface area contributed by atoms with Crippen molar-refractivity contribution in [3.05, 3.63) is 53.0 Å². The van der Waals surface area contributed by atoms with Gasteiger partial charge in [-0.3, -0.25) is 9.78 Å². The number of alkyl halides is 4. The molecule has 1 aliphatic heterocycles. The molecule has 4 rings (SSSR count). The van der Waals surface area contributed by atoms with Gasteiger partial charge in [-0.2, -0.15) is 13.2 Å². The van der Waals surface area contributed by atoms with Crippen LogP contribution in [0.1, 0.15) is 59.4 Å². The molecule has 1 N–H and O–H groups in total. The van der Waals surface area contributed by atoms with E-state index in [4.69, 9.17) is 4.74 Å². The Morgan fingerprint density at radius 3 is 2.67 bits per heavy atom. The predicted octanol–water partition coefficient (Wildman–Crippen LogP) is 4.60. The zero-order valence-electron chi connectivity index (χ0n) is 20.4. The summed E-state index contributed by atoms with van der Waals surface area (Å²) in [6, 6.07) is 6.67. The van der Waals surface area contributed by atoms with Crippen LogP contribution in [0, 0.1) is 6.92 Å². The SMILES string of the molecule is Cc1ncccc1C(=O)N[C@H]1CC[C@](F)(CCN2CCc3ccc(OCC(F)(F)F)nc3CC2)CC1. The van der Waals surface area contributed by atoms with E-state index in [0.29, 0.717) is 69.3 Å². The molecule has 0 atom stereocenters. The number of ether oxygens (including phenoxy) is 1. The second-order valence-corrected chi connectivity index (χ2v) is 9.79. The van der Waals surface area contributed by atoms with Gasteiger partial charge in [0.15, 0.2) is 6.61 Å². The standard InChI is InChI=1S/C26H32F4N4O2/c1-18-21(3-2-13-31-18)24(35)32-20-6-10-25(27,11-7-20)12-16-34-14-8-19-4-5-23(33-22(19)9-15-34)36-17-26(28,29)30/h2-5,13,20H,6-12,14-17H2,1H3,(H,32,35)/t20-,25+. The quantitative estimate of drug-likeness (QED) is 0.554. The van der Waals surface area contributed by atoms with Crippen LogP contribution in [0.2, 0.25) is 0 Å². The van der Waals surface area contributed by atoms with E-state index in [1.165, 1.54) is 6.07 Å². The Hall–Kier alpha value is -2.75. The van der Waals surface area contributed by atoms with E-state index in [-0.39, 0.29) is 17.8 Å². The number of carbonyl (C=O) groups is 1. The molecule has 0 spiro atoms. The molecule has 196 valence electrons. The van der Waals surface area contributed by atoms with Gasteiger partial charge in [-0.05, 0) is 63.1 Å². The van der Waals surface area contributed by atoms with Crippen molar-refractivity contribution in [1.29, 1.82) is 0 Å². The van der Waals surface area contributed by atoms with E-state index in [1.807, 2.05) is 0 Å². The van der Waals surface area contributed by atoms with Gasteiger partial charge in [-0.25, -0.2) is 9.37 Å². The van der Waals surface area contributed by atoms with E-state index >= 15 is 4.39 Å². The number of amides is 1. The number of nitrogens with zero attached hydrogens (tertiary/aromatic N) is 3. The summed E-state index contributed by atoms with van der Waals surface area (Å²) in [6.07, 6.45) is 0.945. The Balaban J connectivity index is 1.23.